The molecule has 1 aromatic carbocycles. The third kappa shape index (κ3) is 2.72. The van der Waals surface area contributed by atoms with E-state index in [2.05, 4.69) is 0 Å². The van der Waals surface area contributed by atoms with E-state index in [0.717, 1.165) is 12.1 Å². The van der Waals surface area contributed by atoms with Crippen molar-refractivity contribution < 1.29 is 25.9 Å². The molecular formula is C10H14O6S2. The van der Waals surface area contributed by atoms with Gasteiger partial charge in [-0.3, -0.25) is 9.11 Å². The van der Waals surface area contributed by atoms with Crippen LogP contribution in [0, 0.1) is 6.92 Å². The standard InChI is InChI=1S/C10H14O6S2/c1-7-6-8(17(11,12)13)4-5-9(7)10(2,3)18(14,15)16/h4-6H,1-3H3,(H,11,12,13)(H,14,15,16). The summed E-state index contributed by atoms with van der Waals surface area (Å²) in [5, 5.41) is 0. The van der Waals surface area contributed by atoms with Crippen LogP contribution >= 0.6 is 0 Å². The average molecular weight is 294 g/mol. The van der Waals surface area contributed by atoms with Crippen molar-refractivity contribution in [1.82, 2.24) is 0 Å². The fraction of sp³-hybridized carbons (Fsp3) is 0.400. The Labute approximate surface area is 106 Å². The van der Waals surface area contributed by atoms with Gasteiger partial charge in [0, 0.05) is 0 Å². The molecule has 0 heterocycles. The molecule has 0 radical (unpaired) electrons. The van der Waals surface area contributed by atoms with Gasteiger partial charge < -0.3 is 0 Å². The molecule has 8 heteroatoms. The van der Waals surface area contributed by atoms with E-state index in [9.17, 15) is 16.8 Å². The van der Waals surface area contributed by atoms with Gasteiger partial charge in [-0.15, -0.1) is 0 Å². The molecule has 0 aliphatic heterocycles. The summed E-state index contributed by atoms with van der Waals surface area (Å²) in [7, 11) is -8.67. The van der Waals surface area contributed by atoms with E-state index in [1.807, 2.05) is 0 Å². The molecule has 0 saturated heterocycles. The molecule has 0 saturated carbocycles. The van der Waals surface area contributed by atoms with Gasteiger partial charge in [0.1, 0.15) is 4.75 Å². The number of aryl methyl sites for hydroxylation is 1. The molecule has 0 aliphatic carbocycles. The predicted molar refractivity (Wildman–Crippen MR) is 65.6 cm³/mol. The average Bonchev–Trinajstić information content (AvgIpc) is 2.13. The molecule has 0 aliphatic rings. The number of hydrogen-bond acceptors (Lipinski definition) is 4. The Hall–Kier alpha value is -0.960. The minimum atomic E-state index is -4.34. The maximum absolute atomic E-state index is 11.3. The second kappa shape index (κ2) is 4.30. The Morgan fingerprint density at radius 1 is 1.06 bits per heavy atom. The fourth-order valence-corrected chi connectivity index (χ4v) is 2.68. The highest BCUT2D eigenvalue weighted by atomic mass is 32.2. The monoisotopic (exact) mass is 294 g/mol. The third-order valence-corrected chi connectivity index (χ3v) is 5.15. The van der Waals surface area contributed by atoms with Crippen LogP contribution in [-0.4, -0.2) is 25.9 Å². The Morgan fingerprint density at radius 3 is 1.89 bits per heavy atom. The van der Waals surface area contributed by atoms with Gasteiger partial charge in [0.15, 0.2) is 0 Å². The smallest absolute Gasteiger partial charge is 0.285 e. The second-order valence-corrected chi connectivity index (χ2v) is 7.83. The highest BCUT2D eigenvalue weighted by Gasteiger charge is 2.36. The molecule has 0 bridgehead atoms. The van der Waals surface area contributed by atoms with E-state index in [4.69, 9.17) is 9.11 Å². The van der Waals surface area contributed by atoms with Crippen molar-refractivity contribution in [3.05, 3.63) is 29.3 Å². The molecule has 18 heavy (non-hydrogen) atoms. The highest BCUT2D eigenvalue weighted by molar-refractivity contribution is 7.86. The van der Waals surface area contributed by atoms with Crippen LogP contribution in [0.4, 0.5) is 0 Å². The van der Waals surface area contributed by atoms with E-state index < -0.39 is 25.0 Å². The van der Waals surface area contributed by atoms with E-state index >= 15 is 0 Å². The van der Waals surface area contributed by atoms with Crippen molar-refractivity contribution in [2.24, 2.45) is 0 Å². The first-order chi connectivity index (χ1) is 7.87. The molecule has 0 amide bonds. The molecule has 102 valence electrons. The van der Waals surface area contributed by atoms with Crippen molar-refractivity contribution >= 4 is 20.2 Å². The Bertz CT molecular complexity index is 670. The summed E-state index contributed by atoms with van der Waals surface area (Å²) in [6, 6.07) is 3.49. The molecule has 0 atom stereocenters. The number of hydrogen-bond donors (Lipinski definition) is 2. The lowest BCUT2D eigenvalue weighted by Gasteiger charge is -2.23. The summed E-state index contributed by atoms with van der Waals surface area (Å²) >= 11 is 0. The van der Waals surface area contributed by atoms with Crippen LogP contribution in [-0.2, 0) is 25.0 Å². The summed E-state index contributed by atoms with van der Waals surface area (Å²) in [6.07, 6.45) is 0. The minimum absolute atomic E-state index is 0.261. The van der Waals surface area contributed by atoms with Crippen molar-refractivity contribution in [1.29, 1.82) is 0 Å². The molecule has 6 nitrogen and oxygen atoms in total. The van der Waals surface area contributed by atoms with Gasteiger partial charge >= 0.3 is 0 Å². The SMILES string of the molecule is Cc1cc(S(=O)(=O)O)ccc1C(C)(C)S(=O)(=O)O. The summed E-state index contributed by atoms with van der Waals surface area (Å²) in [5.74, 6) is 0. The first-order valence-corrected chi connectivity index (χ1v) is 7.81. The first-order valence-electron chi connectivity index (χ1n) is 4.93. The Kier molecular flexibility index (Phi) is 3.61. The molecule has 0 fully saturated rings. The Morgan fingerprint density at radius 2 is 1.56 bits per heavy atom. The number of rotatable bonds is 3. The quantitative estimate of drug-likeness (QED) is 0.815. The van der Waals surface area contributed by atoms with Crippen LogP contribution in [0.3, 0.4) is 0 Å². The van der Waals surface area contributed by atoms with Crippen LogP contribution in [0.25, 0.3) is 0 Å². The molecule has 0 aromatic heterocycles. The van der Waals surface area contributed by atoms with Crippen LogP contribution in [0.2, 0.25) is 0 Å². The van der Waals surface area contributed by atoms with Crippen LogP contribution in [0.5, 0.6) is 0 Å². The summed E-state index contributed by atoms with van der Waals surface area (Å²) < 4.78 is 60.9. The van der Waals surface area contributed by atoms with Gasteiger partial charge in [0.25, 0.3) is 20.2 Å². The molecular weight excluding hydrogens is 280 g/mol. The zero-order chi connectivity index (χ0) is 14.4. The normalized spacial score (nSPS) is 13.6. The van der Waals surface area contributed by atoms with Crippen LogP contribution in [0.1, 0.15) is 25.0 Å². The predicted octanol–water partition coefficient (Wildman–Crippen LogP) is 1.36. The minimum Gasteiger partial charge on any atom is -0.285 e. The summed E-state index contributed by atoms with van der Waals surface area (Å²) in [6.45, 7) is 4.10. The molecule has 2 N–H and O–H groups in total. The molecule has 1 rings (SSSR count). The zero-order valence-corrected chi connectivity index (χ0v) is 11.7. The van der Waals surface area contributed by atoms with Gasteiger partial charge in [0.2, 0.25) is 0 Å². The number of benzene rings is 1. The topological polar surface area (TPSA) is 109 Å². The summed E-state index contributed by atoms with van der Waals surface area (Å²) in [5.41, 5.74) is 0.602. The van der Waals surface area contributed by atoms with Gasteiger partial charge in [-0.25, -0.2) is 0 Å². The van der Waals surface area contributed by atoms with Crippen LogP contribution < -0.4 is 0 Å². The second-order valence-electron chi connectivity index (χ2n) is 4.44. The molecule has 1 aromatic rings. The van der Waals surface area contributed by atoms with E-state index in [-0.39, 0.29) is 10.5 Å². The largest absolute Gasteiger partial charge is 0.294 e. The lowest BCUT2D eigenvalue weighted by atomic mass is 9.97. The fourth-order valence-electron chi connectivity index (χ4n) is 1.61. The van der Waals surface area contributed by atoms with Crippen LogP contribution in [0.15, 0.2) is 23.1 Å². The maximum Gasteiger partial charge on any atom is 0.294 e. The maximum atomic E-state index is 11.3. The van der Waals surface area contributed by atoms with E-state index in [1.54, 1.807) is 0 Å². The lowest BCUT2D eigenvalue weighted by molar-refractivity contribution is 0.445. The van der Waals surface area contributed by atoms with Gasteiger partial charge in [-0.1, -0.05) is 6.07 Å². The zero-order valence-electron chi connectivity index (χ0n) is 10.1. The van der Waals surface area contributed by atoms with Crippen molar-refractivity contribution in [3.8, 4) is 0 Å². The van der Waals surface area contributed by atoms with Crippen molar-refractivity contribution in [2.45, 2.75) is 30.4 Å². The molecule has 0 spiro atoms. The van der Waals surface area contributed by atoms with Gasteiger partial charge in [-0.2, -0.15) is 16.8 Å². The van der Waals surface area contributed by atoms with Crippen molar-refractivity contribution in [3.63, 3.8) is 0 Å². The highest BCUT2D eigenvalue weighted by Crippen LogP contribution is 2.32. The third-order valence-electron chi connectivity index (χ3n) is 2.79. The van der Waals surface area contributed by atoms with Gasteiger partial charge in [-0.05, 0) is 44.0 Å². The van der Waals surface area contributed by atoms with Crippen molar-refractivity contribution in [2.75, 3.05) is 0 Å². The Balaban J connectivity index is 3.49. The van der Waals surface area contributed by atoms with E-state index in [1.165, 1.54) is 26.8 Å². The van der Waals surface area contributed by atoms with E-state index in [0.29, 0.717) is 5.56 Å². The first kappa shape index (κ1) is 15.1. The molecule has 0 unspecified atom stereocenters. The lowest BCUT2D eigenvalue weighted by Crippen LogP contribution is -2.29. The van der Waals surface area contributed by atoms with Gasteiger partial charge in [0.05, 0.1) is 4.90 Å². The summed E-state index contributed by atoms with van der Waals surface area (Å²) in [4.78, 5) is -0.324.